The van der Waals surface area contributed by atoms with Crippen LogP contribution >= 0.6 is 0 Å². The Morgan fingerprint density at radius 3 is 2.31 bits per heavy atom. The number of aliphatic carboxylic acids is 1. The Morgan fingerprint density at radius 2 is 1.88 bits per heavy atom. The van der Waals surface area contributed by atoms with E-state index in [2.05, 4.69) is 5.32 Å². The molecule has 1 unspecified atom stereocenters. The summed E-state index contributed by atoms with van der Waals surface area (Å²) in [5, 5.41) is 23.7. The number of amides is 1. The lowest BCUT2D eigenvalue weighted by molar-refractivity contribution is -0.437. The fraction of sp³-hybridized carbons (Fsp3) is 0.273. The third-order valence-electron chi connectivity index (χ3n) is 1.96. The van der Waals surface area contributed by atoms with E-state index in [0.717, 1.165) is 0 Å². The van der Waals surface area contributed by atoms with Crippen molar-refractivity contribution in [2.75, 3.05) is 5.32 Å². The minimum absolute atomic E-state index is 0.122. The van der Waals surface area contributed by atoms with Gasteiger partial charge in [-0.2, -0.15) is 0 Å². The number of carboxylic acids is 1. The maximum atomic E-state index is 10.9. The van der Waals surface area contributed by atoms with Crippen molar-refractivity contribution in [2.24, 2.45) is 0 Å². The number of hydrogen-bond donors (Lipinski definition) is 1. The third-order valence-corrected chi connectivity index (χ3v) is 1.96. The van der Waals surface area contributed by atoms with Crippen LogP contribution in [0.1, 0.15) is 12.5 Å². The lowest BCUT2D eigenvalue weighted by Crippen LogP contribution is -2.45. The summed E-state index contributed by atoms with van der Waals surface area (Å²) in [5.41, 5.74) is 1.20. The SMILES string of the molecule is CC(=O)Nc1ccc(CC([O-])C(=O)[O-])cc1. The first kappa shape index (κ1) is 12.2. The maximum absolute atomic E-state index is 10.9. The summed E-state index contributed by atoms with van der Waals surface area (Å²) < 4.78 is 0. The van der Waals surface area contributed by atoms with Crippen LogP contribution in [0.4, 0.5) is 5.69 Å². The molecule has 1 rings (SSSR count). The molecule has 0 spiro atoms. The Bertz CT molecular complexity index is 385. The van der Waals surface area contributed by atoms with Gasteiger partial charge in [-0.25, -0.2) is 0 Å². The predicted octanol–water partition coefficient (Wildman–Crippen LogP) is -1.33. The van der Waals surface area contributed by atoms with Crippen LogP contribution in [0.25, 0.3) is 0 Å². The maximum Gasteiger partial charge on any atom is 0.221 e. The number of carbonyl (C=O) groups excluding carboxylic acids is 2. The van der Waals surface area contributed by atoms with E-state index in [-0.39, 0.29) is 12.3 Å². The van der Waals surface area contributed by atoms with Crippen LogP contribution in [-0.2, 0) is 16.0 Å². The van der Waals surface area contributed by atoms with Crippen LogP contribution < -0.4 is 15.5 Å². The fourth-order valence-electron chi connectivity index (χ4n) is 1.22. The van der Waals surface area contributed by atoms with E-state index in [1.807, 2.05) is 0 Å². The van der Waals surface area contributed by atoms with Crippen LogP contribution in [0.15, 0.2) is 24.3 Å². The van der Waals surface area contributed by atoms with Gasteiger partial charge in [0.2, 0.25) is 5.91 Å². The Balaban J connectivity index is 2.64. The molecule has 0 aliphatic rings. The summed E-state index contributed by atoms with van der Waals surface area (Å²) in [7, 11) is 0. The molecular weight excluding hydrogens is 210 g/mol. The van der Waals surface area contributed by atoms with Crippen molar-refractivity contribution in [1.29, 1.82) is 0 Å². The van der Waals surface area contributed by atoms with E-state index in [0.29, 0.717) is 11.3 Å². The molecule has 86 valence electrons. The Hall–Kier alpha value is -1.88. The second-order valence-electron chi connectivity index (χ2n) is 3.39. The number of benzene rings is 1. The highest BCUT2D eigenvalue weighted by Crippen LogP contribution is 2.10. The van der Waals surface area contributed by atoms with Gasteiger partial charge in [0.1, 0.15) is 0 Å². The summed E-state index contributed by atoms with van der Waals surface area (Å²) in [5.74, 6) is -1.80. The molecule has 0 saturated carbocycles. The van der Waals surface area contributed by atoms with E-state index >= 15 is 0 Å². The van der Waals surface area contributed by atoms with Crippen LogP contribution in [0, 0.1) is 0 Å². The van der Waals surface area contributed by atoms with E-state index in [4.69, 9.17) is 0 Å². The number of rotatable bonds is 4. The van der Waals surface area contributed by atoms with Crippen LogP contribution in [0.3, 0.4) is 0 Å². The highest BCUT2D eigenvalue weighted by atomic mass is 16.4. The molecular formula is C11H11NO4-2. The molecule has 0 radical (unpaired) electrons. The highest BCUT2D eigenvalue weighted by Gasteiger charge is 1.99. The molecule has 1 amide bonds. The topological polar surface area (TPSA) is 92.3 Å². The van der Waals surface area contributed by atoms with Gasteiger partial charge in [0, 0.05) is 18.6 Å². The number of nitrogens with one attached hydrogen (secondary N) is 1. The van der Waals surface area contributed by atoms with Crippen molar-refractivity contribution in [1.82, 2.24) is 0 Å². The lowest BCUT2D eigenvalue weighted by Gasteiger charge is -2.22. The molecule has 0 aliphatic carbocycles. The molecule has 0 saturated heterocycles. The van der Waals surface area contributed by atoms with Crippen LogP contribution in [0.5, 0.6) is 0 Å². The highest BCUT2D eigenvalue weighted by molar-refractivity contribution is 5.88. The first-order valence-corrected chi connectivity index (χ1v) is 4.72. The zero-order chi connectivity index (χ0) is 12.1. The largest absolute Gasteiger partial charge is 0.847 e. The number of hydrogen-bond acceptors (Lipinski definition) is 4. The molecule has 5 heteroatoms. The quantitative estimate of drug-likeness (QED) is 0.681. The fourth-order valence-corrected chi connectivity index (χ4v) is 1.22. The van der Waals surface area contributed by atoms with Crippen molar-refractivity contribution in [2.45, 2.75) is 19.4 Å². The average Bonchev–Trinajstić information content (AvgIpc) is 2.20. The van der Waals surface area contributed by atoms with E-state index in [1.165, 1.54) is 6.92 Å². The zero-order valence-electron chi connectivity index (χ0n) is 8.73. The van der Waals surface area contributed by atoms with Crippen molar-refractivity contribution in [3.8, 4) is 0 Å². The minimum atomic E-state index is -1.76. The molecule has 0 aliphatic heterocycles. The molecule has 5 nitrogen and oxygen atoms in total. The second kappa shape index (κ2) is 5.27. The van der Waals surface area contributed by atoms with Crippen LogP contribution in [0.2, 0.25) is 0 Å². The van der Waals surface area contributed by atoms with Gasteiger partial charge in [-0.3, -0.25) is 4.79 Å². The molecule has 1 aromatic carbocycles. The van der Waals surface area contributed by atoms with Gasteiger partial charge in [0.25, 0.3) is 0 Å². The molecule has 1 aromatic rings. The van der Waals surface area contributed by atoms with Crippen molar-refractivity contribution in [3.05, 3.63) is 29.8 Å². The number of carboxylic acid groups (broad SMARTS) is 1. The van der Waals surface area contributed by atoms with Gasteiger partial charge in [-0.05, 0) is 24.1 Å². The Kier molecular flexibility index (Phi) is 4.02. The first-order valence-electron chi connectivity index (χ1n) is 4.72. The summed E-state index contributed by atoms with van der Waals surface area (Å²) in [6.07, 6.45) is -1.88. The van der Waals surface area contributed by atoms with E-state index in [9.17, 15) is 19.8 Å². The summed E-state index contributed by atoms with van der Waals surface area (Å²) >= 11 is 0. The minimum Gasteiger partial charge on any atom is -0.847 e. The van der Waals surface area contributed by atoms with Gasteiger partial charge >= 0.3 is 0 Å². The van der Waals surface area contributed by atoms with E-state index in [1.54, 1.807) is 24.3 Å². The van der Waals surface area contributed by atoms with Crippen LogP contribution in [-0.4, -0.2) is 18.0 Å². The standard InChI is InChI=1S/C11H12NO4/c1-7(13)12-9-4-2-8(3-5-9)6-10(14)11(15)16/h2-5,10H,6H2,1H3,(H,12,13)(H,15,16)/q-1/p-1. The predicted molar refractivity (Wildman–Crippen MR) is 53.2 cm³/mol. The smallest absolute Gasteiger partial charge is 0.221 e. The summed E-state index contributed by atoms with van der Waals surface area (Å²) in [6, 6.07) is 6.41. The monoisotopic (exact) mass is 221 g/mol. The summed E-state index contributed by atoms with van der Waals surface area (Å²) in [6.45, 7) is 1.39. The molecule has 0 aromatic heterocycles. The molecule has 16 heavy (non-hydrogen) atoms. The normalized spacial score (nSPS) is 11.9. The first-order chi connectivity index (χ1) is 7.49. The molecule has 0 fully saturated rings. The Morgan fingerprint density at radius 1 is 1.31 bits per heavy atom. The van der Waals surface area contributed by atoms with Gasteiger partial charge in [-0.15, -0.1) is 0 Å². The molecule has 0 heterocycles. The summed E-state index contributed by atoms with van der Waals surface area (Å²) in [4.78, 5) is 21.0. The lowest BCUT2D eigenvalue weighted by atomic mass is 10.1. The van der Waals surface area contributed by atoms with Gasteiger partial charge < -0.3 is 20.3 Å². The molecule has 0 bridgehead atoms. The Labute approximate surface area is 92.7 Å². The van der Waals surface area contributed by atoms with E-state index < -0.39 is 12.1 Å². The van der Waals surface area contributed by atoms with Crippen molar-refractivity contribution in [3.63, 3.8) is 0 Å². The second-order valence-corrected chi connectivity index (χ2v) is 3.39. The zero-order valence-corrected chi connectivity index (χ0v) is 8.73. The molecule has 1 atom stereocenters. The number of anilines is 1. The number of carbonyl (C=O) groups is 2. The third kappa shape index (κ3) is 3.70. The van der Waals surface area contributed by atoms with Crippen molar-refractivity contribution < 1.29 is 19.8 Å². The van der Waals surface area contributed by atoms with Gasteiger partial charge in [-0.1, -0.05) is 18.2 Å². The van der Waals surface area contributed by atoms with Crippen molar-refractivity contribution >= 4 is 17.6 Å². The molecule has 1 N–H and O–H groups in total. The average molecular weight is 221 g/mol. The van der Waals surface area contributed by atoms with Gasteiger partial charge in [0.15, 0.2) is 0 Å². The van der Waals surface area contributed by atoms with Gasteiger partial charge in [0.05, 0.1) is 0 Å².